The molecule has 0 aromatic heterocycles. The van der Waals surface area contributed by atoms with Crippen molar-refractivity contribution in [2.24, 2.45) is 0 Å². The van der Waals surface area contributed by atoms with Crippen LogP contribution in [-0.2, 0) is 24.7 Å². The third-order valence-corrected chi connectivity index (χ3v) is 75.2. The minimum absolute atomic E-state index is 1.95. The molecule has 0 aromatic carbocycles. The molecular formula is C12H36O6Si8. The van der Waals surface area contributed by atoms with E-state index in [1.165, 1.54) is 0 Å². The van der Waals surface area contributed by atoms with Crippen molar-refractivity contribution in [3.8, 4) is 0 Å². The molecule has 152 valence electrons. The minimum Gasteiger partial charge on any atom is -0.436 e. The number of hydrogen-bond donors (Lipinski definition) is 0. The zero-order valence-electron chi connectivity index (χ0n) is 18.4. The Balaban J connectivity index is 2.09. The first-order valence-corrected chi connectivity index (χ1v) is 34.3. The molecule has 3 aliphatic rings. The van der Waals surface area contributed by atoms with Crippen molar-refractivity contribution in [3.63, 3.8) is 0 Å². The average Bonchev–Trinajstić information content (AvgIpc) is 2.30. The van der Waals surface area contributed by atoms with Crippen LogP contribution in [0.5, 0.6) is 0 Å². The lowest BCUT2D eigenvalue weighted by Gasteiger charge is -2.66. The van der Waals surface area contributed by atoms with Gasteiger partial charge in [0.15, 0.2) is 31.3 Å². The molecule has 0 amide bonds. The van der Waals surface area contributed by atoms with Crippen molar-refractivity contribution >= 4 is 63.7 Å². The van der Waals surface area contributed by atoms with Crippen LogP contribution in [0.3, 0.4) is 0 Å². The quantitative estimate of drug-likeness (QED) is 0.474. The molecule has 3 aliphatic heterocycles. The molecule has 6 nitrogen and oxygen atoms in total. The van der Waals surface area contributed by atoms with Crippen LogP contribution in [0.25, 0.3) is 0 Å². The highest BCUT2D eigenvalue weighted by molar-refractivity contribution is 7.55. The van der Waals surface area contributed by atoms with E-state index in [0.29, 0.717) is 0 Å². The van der Waals surface area contributed by atoms with Crippen LogP contribution >= 0.6 is 0 Å². The summed E-state index contributed by atoms with van der Waals surface area (Å²) < 4.78 is 41.8. The van der Waals surface area contributed by atoms with E-state index < -0.39 is 63.7 Å². The van der Waals surface area contributed by atoms with Crippen LogP contribution in [0.4, 0.5) is 0 Å². The molecule has 0 N–H and O–H groups in total. The fourth-order valence-corrected chi connectivity index (χ4v) is 88.5. The number of fused-ring (bicyclic) bond motifs is 2. The molecule has 3 rings (SSSR count). The molecular weight excluding hydrogens is 465 g/mol. The summed E-state index contributed by atoms with van der Waals surface area (Å²) in [6.07, 6.45) is 0. The fourth-order valence-electron chi connectivity index (χ4n) is 4.01. The van der Waals surface area contributed by atoms with Gasteiger partial charge in [-0.2, -0.15) is 0 Å². The van der Waals surface area contributed by atoms with Crippen molar-refractivity contribution in [2.45, 2.75) is 78.6 Å². The topological polar surface area (TPSA) is 55.4 Å². The SMILES string of the molecule is C[Si]1(C)O[Si]2(C)O[Si]3(C)O[Si](C)(C)[Si](C)(C)O[Si]3(C)O[Si]2(C)O[Si]1(C)C. The first-order chi connectivity index (χ1) is 11.2. The standard InChI is InChI=1S/C12H36O6Si8/c1-19(2)13-23(9)17-25(11)15-21(5,6)22(7,8)16-26(25,12)18-24(23,10)14-20(19,3)4/h1-12H3. The second-order valence-corrected chi connectivity index (χ2v) is 60.3. The zero-order valence-corrected chi connectivity index (χ0v) is 26.4. The largest absolute Gasteiger partial charge is 0.436 e. The Morgan fingerprint density at radius 1 is 0.269 bits per heavy atom. The van der Waals surface area contributed by atoms with Gasteiger partial charge in [0.1, 0.15) is 0 Å². The fraction of sp³-hybridized carbons (Fsp3) is 1.00. The molecule has 26 heavy (non-hydrogen) atoms. The van der Waals surface area contributed by atoms with Crippen molar-refractivity contribution < 1.29 is 24.7 Å². The van der Waals surface area contributed by atoms with Gasteiger partial charge in [0.2, 0.25) is 0 Å². The lowest BCUT2D eigenvalue weighted by atomic mass is 11.9. The molecule has 0 bridgehead atoms. The predicted molar refractivity (Wildman–Crippen MR) is 123 cm³/mol. The van der Waals surface area contributed by atoms with Gasteiger partial charge in [-0.3, -0.25) is 0 Å². The Kier molecular flexibility index (Phi) is 4.77. The van der Waals surface area contributed by atoms with E-state index in [-0.39, 0.29) is 0 Å². The minimum atomic E-state index is -2.62. The highest BCUT2D eigenvalue weighted by atomic mass is 29.4. The molecule has 0 aromatic rings. The third-order valence-electron chi connectivity index (χ3n) is 7.13. The molecule has 0 aliphatic carbocycles. The van der Waals surface area contributed by atoms with E-state index in [1.54, 1.807) is 0 Å². The van der Waals surface area contributed by atoms with Crippen LogP contribution in [-0.4, -0.2) is 63.7 Å². The molecule has 3 fully saturated rings. The van der Waals surface area contributed by atoms with Gasteiger partial charge in [-0.25, -0.2) is 0 Å². The van der Waals surface area contributed by atoms with Crippen LogP contribution in [0.1, 0.15) is 0 Å². The van der Waals surface area contributed by atoms with Crippen LogP contribution in [0.2, 0.25) is 78.6 Å². The lowest BCUT2D eigenvalue weighted by molar-refractivity contribution is 0.241. The third kappa shape index (κ3) is 2.83. The summed E-state index contributed by atoms with van der Waals surface area (Å²) in [6.45, 7) is 27.0. The summed E-state index contributed by atoms with van der Waals surface area (Å²) in [5, 5.41) is 0. The maximum absolute atomic E-state index is 7.03. The molecule has 3 saturated heterocycles. The molecule has 0 saturated carbocycles. The second kappa shape index (κ2) is 5.59. The lowest BCUT2D eigenvalue weighted by Crippen LogP contribution is -2.94. The van der Waals surface area contributed by atoms with Gasteiger partial charge in [0, 0.05) is 0 Å². The Morgan fingerprint density at radius 2 is 0.423 bits per heavy atom. The highest BCUT2D eigenvalue weighted by Crippen LogP contribution is 2.51. The predicted octanol–water partition coefficient (Wildman–Crippen LogP) is 3.55. The Bertz CT molecular complexity index is 539. The molecule has 0 radical (unpaired) electrons. The van der Waals surface area contributed by atoms with Gasteiger partial charge in [-0.15, -0.1) is 0 Å². The smallest absolute Gasteiger partial charge is 0.360 e. The van der Waals surface area contributed by atoms with Crippen molar-refractivity contribution in [2.75, 3.05) is 0 Å². The molecule has 0 spiro atoms. The van der Waals surface area contributed by atoms with Gasteiger partial charge in [0.05, 0.1) is 0 Å². The van der Waals surface area contributed by atoms with Gasteiger partial charge in [0.25, 0.3) is 0 Å². The highest BCUT2D eigenvalue weighted by Gasteiger charge is 2.82. The monoisotopic (exact) mass is 500 g/mol. The summed E-state index contributed by atoms with van der Waals surface area (Å²) in [5.74, 6) is 0. The van der Waals surface area contributed by atoms with Crippen LogP contribution < -0.4 is 0 Å². The summed E-state index contributed by atoms with van der Waals surface area (Å²) in [7, 11) is -18.3. The Hall–Kier alpha value is 1.50. The van der Waals surface area contributed by atoms with Crippen LogP contribution in [0.15, 0.2) is 0 Å². The first-order valence-electron chi connectivity index (χ1n) is 9.45. The zero-order chi connectivity index (χ0) is 20.2. The molecule has 14 heteroatoms. The first kappa shape index (κ1) is 22.2. The maximum Gasteiger partial charge on any atom is 0.360 e. The van der Waals surface area contributed by atoms with Gasteiger partial charge < -0.3 is 24.7 Å². The second-order valence-electron chi connectivity index (χ2n) is 10.4. The summed E-state index contributed by atoms with van der Waals surface area (Å²) >= 11 is 0. The van der Waals surface area contributed by atoms with E-state index in [9.17, 15) is 0 Å². The Labute approximate surface area is 166 Å². The summed E-state index contributed by atoms with van der Waals surface area (Å²) in [4.78, 5) is 0. The van der Waals surface area contributed by atoms with E-state index in [4.69, 9.17) is 24.7 Å². The molecule has 4 unspecified atom stereocenters. The Morgan fingerprint density at radius 3 is 0.577 bits per heavy atom. The normalized spacial score (nSPS) is 51.2. The van der Waals surface area contributed by atoms with Crippen molar-refractivity contribution in [1.29, 1.82) is 0 Å². The molecule has 4 atom stereocenters. The number of hydrogen-bond acceptors (Lipinski definition) is 6. The summed E-state index contributed by atoms with van der Waals surface area (Å²) in [6, 6.07) is 0. The average molecular weight is 501 g/mol. The van der Waals surface area contributed by atoms with Gasteiger partial charge in [-0.05, 0) is 78.6 Å². The van der Waals surface area contributed by atoms with Crippen molar-refractivity contribution in [3.05, 3.63) is 0 Å². The van der Waals surface area contributed by atoms with Gasteiger partial charge in [-0.1, -0.05) is 0 Å². The van der Waals surface area contributed by atoms with E-state index in [1.807, 2.05) is 0 Å². The maximum atomic E-state index is 7.03. The van der Waals surface area contributed by atoms with E-state index >= 15 is 0 Å². The van der Waals surface area contributed by atoms with Crippen LogP contribution in [0, 0.1) is 0 Å². The molecule has 3 heterocycles. The van der Waals surface area contributed by atoms with Crippen molar-refractivity contribution in [1.82, 2.24) is 0 Å². The number of rotatable bonds is 0. The summed E-state index contributed by atoms with van der Waals surface area (Å²) in [5.41, 5.74) is 0. The van der Waals surface area contributed by atoms with E-state index in [2.05, 4.69) is 78.6 Å². The van der Waals surface area contributed by atoms with E-state index in [0.717, 1.165) is 0 Å². The van der Waals surface area contributed by atoms with Gasteiger partial charge >= 0.3 is 32.3 Å².